The van der Waals surface area contributed by atoms with Gasteiger partial charge in [0.2, 0.25) is 5.91 Å². The summed E-state index contributed by atoms with van der Waals surface area (Å²) in [6, 6.07) is 4.71. The third kappa shape index (κ3) is 4.00. The van der Waals surface area contributed by atoms with Gasteiger partial charge in [0.15, 0.2) is 11.3 Å². The van der Waals surface area contributed by atoms with Crippen molar-refractivity contribution < 1.29 is 23.6 Å². The Bertz CT molecular complexity index is 1520. The Morgan fingerprint density at radius 2 is 2.08 bits per heavy atom. The lowest BCUT2D eigenvalue weighted by molar-refractivity contribution is -0.122. The lowest BCUT2D eigenvalue weighted by Crippen LogP contribution is -2.30. The lowest BCUT2D eigenvalue weighted by atomic mass is 9.75. The van der Waals surface area contributed by atoms with Crippen LogP contribution in [-0.2, 0) is 16.9 Å². The molecule has 1 aromatic carbocycles. The third-order valence-corrected chi connectivity index (χ3v) is 7.49. The summed E-state index contributed by atoms with van der Waals surface area (Å²) in [7, 11) is 0. The van der Waals surface area contributed by atoms with E-state index >= 15 is 4.39 Å². The third-order valence-electron chi connectivity index (χ3n) is 7.49. The Balaban J connectivity index is 1.43. The van der Waals surface area contributed by atoms with Crippen LogP contribution in [0.3, 0.4) is 0 Å². The van der Waals surface area contributed by atoms with Gasteiger partial charge >= 0.3 is 0 Å². The van der Waals surface area contributed by atoms with Crippen molar-refractivity contribution in [3.63, 3.8) is 0 Å². The number of carbonyl (C=O) groups excluding carboxylic acids is 2. The summed E-state index contributed by atoms with van der Waals surface area (Å²) < 4.78 is 22.2. The van der Waals surface area contributed by atoms with Gasteiger partial charge in [0, 0.05) is 23.6 Å². The summed E-state index contributed by atoms with van der Waals surface area (Å²) in [6.07, 6.45) is 3.27. The van der Waals surface area contributed by atoms with Gasteiger partial charge in [-0.15, -0.1) is 0 Å². The van der Waals surface area contributed by atoms with Crippen LogP contribution in [0.5, 0.6) is 0 Å². The molecule has 2 aliphatic carbocycles. The van der Waals surface area contributed by atoms with Gasteiger partial charge < -0.3 is 25.2 Å². The predicted octanol–water partition coefficient (Wildman–Crippen LogP) is 2.80. The number of aromatic nitrogens is 3. The first-order chi connectivity index (χ1) is 17.6. The molecule has 9 nitrogen and oxygen atoms in total. The zero-order valence-electron chi connectivity index (χ0n) is 20.5. The van der Waals surface area contributed by atoms with E-state index in [1.54, 1.807) is 19.1 Å². The molecule has 2 amide bonds. The highest BCUT2D eigenvalue weighted by Gasteiger charge is 2.42. The molecule has 2 saturated carbocycles. The van der Waals surface area contributed by atoms with E-state index in [1.165, 1.54) is 13.0 Å². The summed E-state index contributed by atoms with van der Waals surface area (Å²) in [4.78, 5) is 29.2. The molecule has 2 fully saturated rings. The number of rotatable bonds is 5. The molecule has 3 aromatic rings. The van der Waals surface area contributed by atoms with Crippen LogP contribution in [0.4, 0.5) is 4.39 Å². The molecule has 2 bridgehead atoms. The van der Waals surface area contributed by atoms with Crippen molar-refractivity contribution in [3.05, 3.63) is 58.0 Å². The van der Waals surface area contributed by atoms with E-state index < -0.39 is 17.3 Å². The number of amides is 2. The Morgan fingerprint density at radius 1 is 1.32 bits per heavy atom. The second-order valence-corrected chi connectivity index (χ2v) is 10.3. The van der Waals surface area contributed by atoms with Gasteiger partial charge in [-0.25, -0.2) is 9.37 Å². The van der Waals surface area contributed by atoms with Gasteiger partial charge in [0.25, 0.3) is 5.91 Å². The molecule has 37 heavy (non-hydrogen) atoms. The van der Waals surface area contributed by atoms with Crippen LogP contribution in [0.15, 0.2) is 22.7 Å². The molecular weight excluding hydrogens is 477 g/mol. The molecule has 4 heterocycles. The normalized spacial score (nSPS) is 20.9. The van der Waals surface area contributed by atoms with Crippen molar-refractivity contribution in [2.24, 2.45) is 11.7 Å². The molecule has 0 unspecified atom stereocenters. The maximum Gasteiger partial charge on any atom is 0.269 e. The standard InChI is InChI=1S/C27H26FN5O4/c1-13-7-22(32-37-13)27(2,36)6-5-15-10-19-18(11-20(15)28)16-8-17(9-16)33-21(12-30-26(35)14-3-4-14)23(24(29)34)31-25(19)33/h7,10-11,14,16-17,36H,3-4,8-9,12H2,1-2H3,(H2,29,34)(H,30,35)/t16?,17?,27-/m1/s1. The molecule has 0 spiro atoms. The van der Waals surface area contributed by atoms with E-state index in [-0.39, 0.29) is 47.3 Å². The Hall–Kier alpha value is -3.97. The number of aliphatic hydroxyl groups is 1. The first kappa shape index (κ1) is 23.4. The molecule has 0 saturated heterocycles. The van der Waals surface area contributed by atoms with E-state index in [4.69, 9.17) is 10.3 Å². The highest BCUT2D eigenvalue weighted by atomic mass is 19.1. The lowest BCUT2D eigenvalue weighted by Gasteiger charge is -2.35. The number of halogens is 1. The second kappa shape index (κ2) is 8.28. The van der Waals surface area contributed by atoms with Crippen molar-refractivity contribution in [1.82, 2.24) is 20.0 Å². The number of carbonyl (C=O) groups is 2. The molecule has 10 heteroatoms. The Labute approximate surface area is 212 Å². The summed E-state index contributed by atoms with van der Waals surface area (Å²) in [5, 5.41) is 17.5. The van der Waals surface area contributed by atoms with Crippen LogP contribution in [0.1, 0.15) is 83.3 Å². The van der Waals surface area contributed by atoms with Crippen LogP contribution in [0.25, 0.3) is 11.4 Å². The summed E-state index contributed by atoms with van der Waals surface area (Å²) in [5.74, 6) is 5.41. The second-order valence-electron chi connectivity index (χ2n) is 10.3. The van der Waals surface area contributed by atoms with E-state index in [1.807, 2.05) is 4.57 Å². The monoisotopic (exact) mass is 503 g/mol. The molecule has 2 aliphatic heterocycles. The van der Waals surface area contributed by atoms with Crippen LogP contribution in [0, 0.1) is 30.5 Å². The fraction of sp³-hybridized carbons (Fsp3) is 0.407. The number of nitrogens with one attached hydrogen (secondary N) is 1. The zero-order valence-corrected chi connectivity index (χ0v) is 20.5. The van der Waals surface area contributed by atoms with Crippen molar-refractivity contribution in [2.75, 3.05) is 0 Å². The van der Waals surface area contributed by atoms with Gasteiger partial charge in [-0.2, -0.15) is 0 Å². The topological polar surface area (TPSA) is 136 Å². The minimum Gasteiger partial charge on any atom is -0.372 e. The maximum atomic E-state index is 15.2. The number of nitrogens with zero attached hydrogens (tertiary/aromatic N) is 3. The molecule has 7 rings (SSSR count). The smallest absolute Gasteiger partial charge is 0.269 e. The molecule has 0 radical (unpaired) electrons. The predicted molar refractivity (Wildman–Crippen MR) is 129 cm³/mol. The molecule has 1 atom stereocenters. The van der Waals surface area contributed by atoms with Crippen LogP contribution < -0.4 is 11.1 Å². The van der Waals surface area contributed by atoms with Crippen molar-refractivity contribution >= 4 is 11.8 Å². The average molecular weight is 504 g/mol. The first-order valence-electron chi connectivity index (χ1n) is 12.3. The van der Waals surface area contributed by atoms with Gasteiger partial charge in [-0.1, -0.05) is 17.0 Å². The highest BCUT2D eigenvalue weighted by molar-refractivity contribution is 5.93. The summed E-state index contributed by atoms with van der Waals surface area (Å²) in [5.41, 5.74) is 6.46. The van der Waals surface area contributed by atoms with Crippen LogP contribution >= 0.6 is 0 Å². The maximum absolute atomic E-state index is 15.2. The quantitative estimate of drug-likeness (QED) is 0.458. The number of benzene rings is 1. The molecule has 2 aromatic heterocycles. The molecular formula is C27H26FN5O4. The van der Waals surface area contributed by atoms with Gasteiger partial charge in [-0.3, -0.25) is 9.59 Å². The molecule has 4 N–H and O–H groups in total. The zero-order chi connectivity index (χ0) is 26.1. The highest BCUT2D eigenvalue weighted by Crippen LogP contribution is 2.53. The Kier molecular flexibility index (Phi) is 5.24. The minimum absolute atomic E-state index is 0.0276. The van der Waals surface area contributed by atoms with Crippen molar-refractivity contribution in [2.45, 2.75) is 63.6 Å². The molecule has 4 aliphatic rings. The number of imidazole rings is 1. The van der Waals surface area contributed by atoms with Gasteiger partial charge in [0.1, 0.15) is 23.1 Å². The van der Waals surface area contributed by atoms with E-state index in [9.17, 15) is 14.7 Å². The van der Waals surface area contributed by atoms with Crippen LogP contribution in [-0.4, -0.2) is 31.6 Å². The van der Waals surface area contributed by atoms with Crippen molar-refractivity contribution in [3.8, 4) is 23.2 Å². The Morgan fingerprint density at radius 3 is 2.73 bits per heavy atom. The first-order valence-corrected chi connectivity index (χ1v) is 12.3. The van der Waals surface area contributed by atoms with E-state index in [0.717, 1.165) is 31.2 Å². The van der Waals surface area contributed by atoms with Crippen molar-refractivity contribution in [1.29, 1.82) is 0 Å². The number of hydrogen-bond acceptors (Lipinski definition) is 6. The number of hydrogen-bond donors (Lipinski definition) is 3. The summed E-state index contributed by atoms with van der Waals surface area (Å²) >= 11 is 0. The fourth-order valence-electron chi connectivity index (χ4n) is 5.19. The summed E-state index contributed by atoms with van der Waals surface area (Å²) in [6.45, 7) is 3.30. The van der Waals surface area contributed by atoms with Crippen LogP contribution in [0.2, 0.25) is 0 Å². The average Bonchev–Trinajstić information content (AvgIpc) is 3.52. The SMILES string of the molecule is Cc1cc([C@](C)(O)C#Cc2cc3c(cc2F)C2CC(C2)n2c-3nc(C(N)=O)c2CNC(=O)C2CC2)no1. The van der Waals surface area contributed by atoms with E-state index in [0.29, 0.717) is 22.8 Å². The number of aryl methyl sites for hydroxylation is 1. The molecule has 190 valence electrons. The largest absolute Gasteiger partial charge is 0.372 e. The van der Waals surface area contributed by atoms with E-state index in [2.05, 4.69) is 27.3 Å². The minimum atomic E-state index is -1.65. The number of primary amides is 1. The van der Waals surface area contributed by atoms with Gasteiger partial charge in [-0.05, 0) is 63.1 Å². The van der Waals surface area contributed by atoms with Gasteiger partial charge in [0.05, 0.1) is 17.8 Å². The number of nitrogens with two attached hydrogens (primary N) is 1. The fourth-order valence-corrected chi connectivity index (χ4v) is 5.19.